The minimum Gasteiger partial charge on any atom is -0.391 e. The largest absolute Gasteiger partial charge is 0.391 e. The minimum absolute atomic E-state index is 0.0315. The first-order chi connectivity index (χ1) is 15.1. The number of rotatable bonds is 5. The Bertz CT molecular complexity index is 701. The molecule has 2 N–H and O–H groups in total. The first kappa shape index (κ1) is 22.7. The Morgan fingerprint density at radius 3 is 2.58 bits per heavy atom. The number of hydrogen-bond donors (Lipinski definition) is 2. The van der Waals surface area contributed by atoms with Gasteiger partial charge >= 0.3 is 0 Å². The third kappa shape index (κ3) is 5.48. The number of carbonyl (C=O) groups is 1. The molecule has 6 nitrogen and oxygen atoms in total. The molecule has 1 saturated carbocycles. The Hall–Kier alpha value is -1.47. The molecule has 2 saturated heterocycles. The summed E-state index contributed by atoms with van der Waals surface area (Å²) in [5, 5.41) is 14.4. The lowest BCUT2D eigenvalue weighted by Gasteiger charge is -2.39. The minimum atomic E-state index is -0.309. The quantitative estimate of drug-likeness (QED) is 0.701. The molecular weight excluding hydrogens is 390 g/mol. The summed E-state index contributed by atoms with van der Waals surface area (Å²) in [5.41, 5.74) is 1.15. The van der Waals surface area contributed by atoms with Gasteiger partial charge in [-0.1, -0.05) is 30.3 Å². The van der Waals surface area contributed by atoms with Gasteiger partial charge in [-0.15, -0.1) is 0 Å². The number of carbonyl (C=O) groups excluding carboxylic acids is 1. The molecule has 6 heteroatoms. The van der Waals surface area contributed by atoms with Gasteiger partial charge in [0.1, 0.15) is 0 Å². The van der Waals surface area contributed by atoms with Crippen LogP contribution in [0.1, 0.15) is 44.1 Å². The Morgan fingerprint density at radius 1 is 1.13 bits per heavy atom. The van der Waals surface area contributed by atoms with E-state index < -0.39 is 0 Å². The number of nitrogens with zero attached hydrogens (tertiary/aromatic N) is 2. The highest BCUT2D eigenvalue weighted by atomic mass is 16.5. The van der Waals surface area contributed by atoms with E-state index in [2.05, 4.69) is 46.4 Å². The number of likely N-dealkylation sites (N-methyl/N-ethyl adjacent to an activating group) is 1. The predicted molar refractivity (Wildman–Crippen MR) is 122 cm³/mol. The molecule has 2 aliphatic heterocycles. The van der Waals surface area contributed by atoms with Crippen molar-refractivity contribution in [3.05, 3.63) is 35.9 Å². The van der Waals surface area contributed by atoms with Crippen molar-refractivity contribution in [3.63, 3.8) is 0 Å². The fourth-order valence-electron chi connectivity index (χ4n) is 5.64. The normalized spacial score (nSPS) is 33.5. The number of nitrogens with one attached hydrogen (secondary N) is 1. The molecule has 0 spiro atoms. The molecule has 1 aromatic carbocycles. The lowest BCUT2D eigenvalue weighted by atomic mass is 9.74. The number of ether oxygens (including phenoxy) is 1. The van der Waals surface area contributed by atoms with Gasteiger partial charge in [-0.2, -0.15) is 0 Å². The van der Waals surface area contributed by atoms with Crippen LogP contribution in [0.3, 0.4) is 0 Å². The lowest BCUT2D eigenvalue weighted by Crippen LogP contribution is -2.52. The monoisotopic (exact) mass is 429 g/mol. The molecule has 172 valence electrons. The van der Waals surface area contributed by atoms with E-state index in [4.69, 9.17) is 4.74 Å². The summed E-state index contributed by atoms with van der Waals surface area (Å²) in [6, 6.07) is 10.8. The number of aliphatic hydroxyl groups excluding tert-OH is 1. The van der Waals surface area contributed by atoms with E-state index in [1.165, 1.54) is 5.56 Å². The van der Waals surface area contributed by atoms with Crippen LogP contribution in [0, 0.1) is 5.92 Å². The summed E-state index contributed by atoms with van der Waals surface area (Å²) in [7, 11) is 2.17. The first-order valence-corrected chi connectivity index (χ1v) is 12.1. The second kappa shape index (κ2) is 10.4. The average Bonchev–Trinajstić information content (AvgIpc) is 2.99. The summed E-state index contributed by atoms with van der Waals surface area (Å²) in [5.74, 6) is 0.0893. The highest BCUT2D eigenvalue weighted by molar-refractivity contribution is 5.79. The fourth-order valence-corrected chi connectivity index (χ4v) is 5.64. The van der Waals surface area contributed by atoms with Crippen LogP contribution in [0.25, 0.3) is 0 Å². The molecule has 31 heavy (non-hydrogen) atoms. The van der Waals surface area contributed by atoms with Crippen LogP contribution in [0.5, 0.6) is 0 Å². The maximum atomic E-state index is 12.9. The Morgan fingerprint density at radius 2 is 1.87 bits per heavy atom. The van der Waals surface area contributed by atoms with Crippen molar-refractivity contribution < 1.29 is 14.6 Å². The number of aliphatic hydroxyl groups is 1. The zero-order valence-corrected chi connectivity index (χ0v) is 19.0. The Kier molecular flexibility index (Phi) is 7.64. The highest BCUT2D eigenvalue weighted by Gasteiger charge is 2.40. The molecular formula is C25H39N3O3. The van der Waals surface area contributed by atoms with Crippen molar-refractivity contribution in [2.75, 3.05) is 53.0 Å². The maximum Gasteiger partial charge on any atom is 0.225 e. The molecule has 0 unspecified atom stereocenters. The molecule has 1 aliphatic carbocycles. The molecule has 3 fully saturated rings. The van der Waals surface area contributed by atoms with Gasteiger partial charge in [0.2, 0.25) is 5.91 Å². The molecule has 1 amide bonds. The summed E-state index contributed by atoms with van der Waals surface area (Å²) in [6.45, 7) is 6.11. The first-order valence-electron chi connectivity index (χ1n) is 12.1. The van der Waals surface area contributed by atoms with E-state index in [9.17, 15) is 9.90 Å². The molecule has 2 heterocycles. The SMILES string of the molecule is CN1CCN([C@H]2CC[C@](CNC(=O)[C@H]3CCCOC3)(c3ccccc3)CC[C@@H]2O)CC1. The van der Waals surface area contributed by atoms with E-state index in [1.54, 1.807) is 0 Å². The van der Waals surface area contributed by atoms with Crippen molar-refractivity contribution in [1.82, 2.24) is 15.1 Å². The fraction of sp³-hybridized carbons (Fsp3) is 0.720. The van der Waals surface area contributed by atoms with Crippen LogP contribution in [-0.2, 0) is 14.9 Å². The van der Waals surface area contributed by atoms with Crippen molar-refractivity contribution >= 4 is 5.91 Å². The van der Waals surface area contributed by atoms with Gasteiger partial charge < -0.3 is 20.1 Å². The zero-order valence-electron chi connectivity index (χ0n) is 19.0. The zero-order chi connectivity index (χ0) is 21.7. The van der Waals surface area contributed by atoms with Gasteiger partial charge in [-0.25, -0.2) is 0 Å². The number of amides is 1. The third-order valence-electron chi connectivity index (χ3n) is 7.81. The third-order valence-corrected chi connectivity index (χ3v) is 7.81. The van der Waals surface area contributed by atoms with E-state index in [0.717, 1.165) is 71.3 Å². The summed E-state index contributed by atoms with van der Waals surface area (Å²) in [4.78, 5) is 17.7. The van der Waals surface area contributed by atoms with Crippen molar-refractivity contribution in [2.45, 2.75) is 56.1 Å². The molecule has 0 bridgehead atoms. The Balaban J connectivity index is 1.48. The van der Waals surface area contributed by atoms with E-state index in [1.807, 2.05) is 6.07 Å². The van der Waals surface area contributed by atoms with Crippen molar-refractivity contribution in [1.29, 1.82) is 0 Å². The van der Waals surface area contributed by atoms with E-state index in [-0.39, 0.29) is 29.4 Å². The van der Waals surface area contributed by atoms with Crippen LogP contribution in [0.4, 0.5) is 0 Å². The Labute approximate surface area is 186 Å². The van der Waals surface area contributed by atoms with Crippen molar-refractivity contribution in [3.8, 4) is 0 Å². The predicted octanol–water partition coefficient (Wildman–Crippen LogP) is 2.02. The molecule has 3 aliphatic rings. The van der Waals surface area contributed by atoms with Crippen LogP contribution < -0.4 is 5.32 Å². The van der Waals surface area contributed by atoms with Gasteiger partial charge in [-0.05, 0) is 51.1 Å². The molecule has 0 aromatic heterocycles. The van der Waals surface area contributed by atoms with Crippen LogP contribution in [0.2, 0.25) is 0 Å². The molecule has 1 aromatic rings. The highest BCUT2D eigenvalue weighted by Crippen LogP contribution is 2.39. The topological polar surface area (TPSA) is 65.0 Å². The van der Waals surface area contributed by atoms with E-state index >= 15 is 0 Å². The standard InChI is InChI=1S/C25H39N3O3/c1-27-13-15-28(16-14-27)22-9-11-25(12-10-23(22)29,21-7-3-2-4-8-21)19-26-24(30)20-6-5-17-31-18-20/h2-4,7-8,20,22-23,29H,5-6,9-19H2,1H3,(H,26,30)/t20-,22-,23-,25-/m0/s1. The smallest absolute Gasteiger partial charge is 0.225 e. The van der Waals surface area contributed by atoms with E-state index in [0.29, 0.717) is 13.2 Å². The maximum absolute atomic E-state index is 12.9. The van der Waals surface area contributed by atoms with Gasteiger partial charge in [0, 0.05) is 50.8 Å². The summed E-state index contributed by atoms with van der Waals surface area (Å²) >= 11 is 0. The number of benzene rings is 1. The van der Waals surface area contributed by atoms with Gasteiger partial charge in [-0.3, -0.25) is 9.69 Å². The second-order valence-electron chi connectivity index (χ2n) is 9.83. The van der Waals surface area contributed by atoms with Gasteiger partial charge in [0.15, 0.2) is 0 Å². The summed E-state index contributed by atoms with van der Waals surface area (Å²) < 4.78 is 5.52. The van der Waals surface area contributed by atoms with Crippen LogP contribution in [-0.4, -0.2) is 85.9 Å². The van der Waals surface area contributed by atoms with Crippen LogP contribution >= 0.6 is 0 Å². The van der Waals surface area contributed by atoms with Gasteiger partial charge in [0.05, 0.1) is 18.6 Å². The van der Waals surface area contributed by atoms with Crippen molar-refractivity contribution in [2.24, 2.45) is 5.92 Å². The number of piperazine rings is 1. The number of hydrogen-bond acceptors (Lipinski definition) is 5. The summed E-state index contributed by atoms with van der Waals surface area (Å²) in [6.07, 6.45) is 5.17. The second-order valence-corrected chi connectivity index (χ2v) is 9.83. The molecule has 4 rings (SSSR count). The van der Waals surface area contributed by atoms with Crippen LogP contribution in [0.15, 0.2) is 30.3 Å². The average molecular weight is 430 g/mol. The van der Waals surface area contributed by atoms with Gasteiger partial charge in [0.25, 0.3) is 0 Å². The lowest BCUT2D eigenvalue weighted by molar-refractivity contribution is -0.129. The molecule has 4 atom stereocenters. The molecule has 0 radical (unpaired) electrons.